The monoisotopic (exact) mass is 287 g/mol. The van der Waals surface area contributed by atoms with Gasteiger partial charge in [0.25, 0.3) is 0 Å². The second-order valence-corrected chi connectivity index (χ2v) is 8.08. The van der Waals surface area contributed by atoms with E-state index in [2.05, 4.69) is 23.7 Å². The van der Waals surface area contributed by atoms with Crippen molar-refractivity contribution in [2.45, 2.75) is 51.3 Å². The number of sulfonamides is 1. The summed E-state index contributed by atoms with van der Waals surface area (Å²) in [4.78, 5) is 0.284. The van der Waals surface area contributed by atoms with Crippen LogP contribution in [-0.4, -0.2) is 24.7 Å². The smallest absolute Gasteiger partial charge is 0.243 e. The summed E-state index contributed by atoms with van der Waals surface area (Å²) in [5, 5.41) is 4.29. The molecule has 0 saturated heterocycles. The van der Waals surface area contributed by atoms with Crippen molar-refractivity contribution in [3.8, 4) is 0 Å². The molecule has 1 rings (SSSR count). The van der Waals surface area contributed by atoms with E-state index in [0.29, 0.717) is 18.2 Å². The Morgan fingerprint density at radius 1 is 1.37 bits per heavy atom. The Bertz CT molecular complexity index is 525. The average Bonchev–Trinajstić information content (AvgIpc) is 2.59. The van der Waals surface area contributed by atoms with Gasteiger partial charge in [-0.05, 0) is 12.3 Å². The molecule has 110 valence electrons. The van der Waals surface area contributed by atoms with E-state index in [4.69, 9.17) is 0 Å². The zero-order valence-electron chi connectivity index (χ0n) is 12.7. The lowest BCUT2D eigenvalue weighted by Gasteiger charge is -2.17. The minimum Gasteiger partial charge on any atom is -0.274 e. The van der Waals surface area contributed by atoms with E-state index in [1.54, 1.807) is 17.9 Å². The van der Waals surface area contributed by atoms with Gasteiger partial charge in [0.05, 0.1) is 5.69 Å². The van der Waals surface area contributed by atoms with Gasteiger partial charge in [0.15, 0.2) is 0 Å². The fourth-order valence-corrected chi connectivity index (χ4v) is 3.18. The first-order valence-electron chi connectivity index (χ1n) is 6.58. The topological polar surface area (TPSA) is 64.0 Å². The van der Waals surface area contributed by atoms with Crippen LogP contribution in [0.1, 0.15) is 46.7 Å². The van der Waals surface area contributed by atoms with Crippen LogP contribution in [0.2, 0.25) is 0 Å². The molecule has 0 saturated carbocycles. The Morgan fingerprint density at radius 3 is 2.42 bits per heavy atom. The second-order valence-electron chi connectivity index (χ2n) is 6.35. The molecule has 0 atom stereocenters. The van der Waals surface area contributed by atoms with E-state index >= 15 is 0 Å². The van der Waals surface area contributed by atoms with Crippen LogP contribution in [-0.2, 0) is 22.5 Å². The quantitative estimate of drug-likeness (QED) is 0.901. The van der Waals surface area contributed by atoms with Crippen LogP contribution in [0.3, 0.4) is 0 Å². The van der Waals surface area contributed by atoms with Crippen molar-refractivity contribution in [2.24, 2.45) is 13.0 Å². The molecule has 0 aromatic carbocycles. The van der Waals surface area contributed by atoms with Crippen molar-refractivity contribution in [1.29, 1.82) is 0 Å². The van der Waals surface area contributed by atoms with Gasteiger partial charge in [-0.3, -0.25) is 4.68 Å². The first kappa shape index (κ1) is 16.2. The summed E-state index contributed by atoms with van der Waals surface area (Å²) in [6.07, 6.45) is 2.39. The Hall–Kier alpha value is -0.880. The average molecular weight is 287 g/mol. The minimum atomic E-state index is -3.48. The zero-order valence-corrected chi connectivity index (χ0v) is 13.5. The molecule has 0 amide bonds. The predicted octanol–water partition coefficient (Wildman–Crippen LogP) is 2.04. The Labute approximate surface area is 116 Å². The standard InChI is InChI=1S/C13H25N3O2S/c1-10(2)7-8-14-19(17,18)11-9-16(6)15-12(11)13(3,4)5/h9-10,14H,7-8H2,1-6H3. The highest BCUT2D eigenvalue weighted by Gasteiger charge is 2.29. The molecule has 6 heteroatoms. The molecule has 0 radical (unpaired) electrons. The number of hydrogen-bond acceptors (Lipinski definition) is 3. The third-order valence-corrected chi connectivity index (χ3v) is 4.27. The van der Waals surface area contributed by atoms with Crippen molar-refractivity contribution in [1.82, 2.24) is 14.5 Å². The van der Waals surface area contributed by atoms with Crippen molar-refractivity contribution in [3.05, 3.63) is 11.9 Å². The van der Waals surface area contributed by atoms with Gasteiger partial charge in [-0.15, -0.1) is 0 Å². The lowest BCUT2D eigenvalue weighted by atomic mass is 9.92. The van der Waals surface area contributed by atoms with E-state index in [1.165, 1.54) is 0 Å². The van der Waals surface area contributed by atoms with E-state index < -0.39 is 10.0 Å². The number of aryl methyl sites for hydroxylation is 1. The Kier molecular flexibility index (Phi) is 4.79. The van der Waals surface area contributed by atoms with Gasteiger partial charge in [0.1, 0.15) is 4.90 Å². The molecule has 1 aromatic rings. The summed E-state index contributed by atoms with van der Waals surface area (Å²) in [5.41, 5.74) is 0.302. The number of rotatable bonds is 5. The molecular formula is C13H25N3O2S. The van der Waals surface area contributed by atoms with Gasteiger partial charge in [0, 0.05) is 25.2 Å². The maximum absolute atomic E-state index is 12.3. The molecule has 5 nitrogen and oxygen atoms in total. The number of nitrogens with one attached hydrogen (secondary N) is 1. The van der Waals surface area contributed by atoms with E-state index in [9.17, 15) is 8.42 Å². The normalized spacial score (nSPS) is 13.2. The second kappa shape index (κ2) is 5.63. The first-order chi connectivity index (χ1) is 8.54. The van der Waals surface area contributed by atoms with Gasteiger partial charge in [-0.25, -0.2) is 13.1 Å². The number of hydrogen-bond donors (Lipinski definition) is 1. The van der Waals surface area contributed by atoms with E-state index in [0.717, 1.165) is 6.42 Å². The molecule has 0 aliphatic rings. The van der Waals surface area contributed by atoms with Crippen LogP contribution >= 0.6 is 0 Å². The number of nitrogens with zero attached hydrogens (tertiary/aromatic N) is 2. The molecular weight excluding hydrogens is 262 g/mol. The summed E-state index contributed by atoms with van der Waals surface area (Å²) in [6, 6.07) is 0. The molecule has 1 heterocycles. The third kappa shape index (κ3) is 4.31. The number of aromatic nitrogens is 2. The molecule has 0 fully saturated rings. The fraction of sp³-hybridized carbons (Fsp3) is 0.769. The molecule has 1 aromatic heterocycles. The zero-order chi connectivity index (χ0) is 14.8. The van der Waals surface area contributed by atoms with Gasteiger partial charge in [-0.2, -0.15) is 5.10 Å². The third-order valence-electron chi connectivity index (χ3n) is 2.81. The summed E-state index contributed by atoms with van der Waals surface area (Å²) in [7, 11) is -1.74. The molecule has 0 spiro atoms. The molecule has 0 aliphatic carbocycles. The first-order valence-corrected chi connectivity index (χ1v) is 8.06. The SMILES string of the molecule is CC(C)CCNS(=O)(=O)c1cn(C)nc1C(C)(C)C. The molecule has 0 unspecified atom stereocenters. The predicted molar refractivity (Wildman–Crippen MR) is 76.6 cm³/mol. The van der Waals surface area contributed by atoms with Crippen LogP contribution in [0.4, 0.5) is 0 Å². The van der Waals surface area contributed by atoms with Crippen LogP contribution in [0.5, 0.6) is 0 Å². The van der Waals surface area contributed by atoms with Crippen LogP contribution in [0, 0.1) is 5.92 Å². The maximum atomic E-state index is 12.3. The molecule has 19 heavy (non-hydrogen) atoms. The van der Waals surface area contributed by atoms with Gasteiger partial charge < -0.3 is 0 Å². The summed E-state index contributed by atoms with van der Waals surface area (Å²) >= 11 is 0. The Balaban J connectivity index is 3.02. The highest BCUT2D eigenvalue weighted by atomic mass is 32.2. The van der Waals surface area contributed by atoms with Crippen molar-refractivity contribution >= 4 is 10.0 Å². The van der Waals surface area contributed by atoms with Gasteiger partial charge in [0.2, 0.25) is 10.0 Å². The molecule has 0 bridgehead atoms. The van der Waals surface area contributed by atoms with Gasteiger partial charge in [-0.1, -0.05) is 34.6 Å². The lowest BCUT2D eigenvalue weighted by molar-refractivity contribution is 0.530. The van der Waals surface area contributed by atoms with Gasteiger partial charge >= 0.3 is 0 Å². The van der Waals surface area contributed by atoms with E-state index in [-0.39, 0.29) is 10.3 Å². The molecule has 1 N–H and O–H groups in total. The van der Waals surface area contributed by atoms with E-state index in [1.807, 2.05) is 20.8 Å². The largest absolute Gasteiger partial charge is 0.274 e. The highest BCUT2D eigenvalue weighted by molar-refractivity contribution is 7.89. The minimum absolute atomic E-state index is 0.284. The van der Waals surface area contributed by atoms with Crippen molar-refractivity contribution in [3.63, 3.8) is 0 Å². The molecule has 0 aliphatic heterocycles. The van der Waals surface area contributed by atoms with Crippen molar-refractivity contribution < 1.29 is 8.42 Å². The highest BCUT2D eigenvalue weighted by Crippen LogP contribution is 2.27. The maximum Gasteiger partial charge on any atom is 0.243 e. The summed E-state index contributed by atoms with van der Waals surface area (Å²) in [6.45, 7) is 10.5. The Morgan fingerprint density at radius 2 is 1.95 bits per heavy atom. The van der Waals surface area contributed by atoms with Crippen LogP contribution < -0.4 is 4.72 Å². The lowest BCUT2D eigenvalue weighted by Crippen LogP contribution is -2.28. The summed E-state index contributed by atoms with van der Waals surface area (Å²) in [5.74, 6) is 0.471. The fourth-order valence-electron chi connectivity index (χ4n) is 1.74. The van der Waals surface area contributed by atoms with Crippen LogP contribution in [0.25, 0.3) is 0 Å². The van der Waals surface area contributed by atoms with Crippen molar-refractivity contribution in [2.75, 3.05) is 6.54 Å². The van der Waals surface area contributed by atoms with Crippen LogP contribution in [0.15, 0.2) is 11.1 Å². The summed E-state index contributed by atoms with van der Waals surface area (Å²) < 4.78 is 28.9.